The van der Waals surface area contributed by atoms with Gasteiger partial charge in [0.2, 0.25) is 5.91 Å². The molecule has 1 aromatic heterocycles. The maximum Gasteiger partial charge on any atom is 0.263 e. The smallest absolute Gasteiger partial charge is 0.263 e. The Bertz CT molecular complexity index is 810. The minimum absolute atomic E-state index is 0.0739. The number of hydrogen-bond acceptors (Lipinski definition) is 4. The molecule has 136 valence electrons. The lowest BCUT2D eigenvalue weighted by Crippen LogP contribution is -2.50. The number of carbonyl (C=O) groups is 2. The van der Waals surface area contributed by atoms with Gasteiger partial charge in [-0.3, -0.25) is 9.59 Å². The van der Waals surface area contributed by atoms with E-state index in [2.05, 4.69) is 6.07 Å². The summed E-state index contributed by atoms with van der Waals surface area (Å²) >= 11 is 1.47. The highest BCUT2D eigenvalue weighted by Gasteiger charge is 2.52. The average molecular weight is 370 g/mol. The van der Waals surface area contributed by atoms with Crippen LogP contribution in [0.2, 0.25) is 0 Å². The van der Waals surface area contributed by atoms with Gasteiger partial charge in [0.25, 0.3) is 5.91 Å². The van der Waals surface area contributed by atoms with Crippen LogP contribution in [0.4, 0.5) is 5.69 Å². The molecule has 1 saturated heterocycles. The van der Waals surface area contributed by atoms with Gasteiger partial charge in [0.1, 0.15) is 0 Å². The van der Waals surface area contributed by atoms with Gasteiger partial charge in [0.15, 0.2) is 0 Å². The largest absolute Gasteiger partial charge is 0.383 e. The number of benzene rings is 1. The van der Waals surface area contributed by atoms with E-state index in [1.165, 1.54) is 11.3 Å². The molecule has 0 unspecified atom stereocenters. The molecule has 1 spiro atoms. The van der Waals surface area contributed by atoms with Gasteiger partial charge in [-0.05, 0) is 35.9 Å². The number of methoxy groups -OCH3 is 1. The first-order valence-electron chi connectivity index (χ1n) is 8.90. The molecule has 2 aromatic rings. The zero-order valence-corrected chi connectivity index (χ0v) is 15.6. The van der Waals surface area contributed by atoms with E-state index >= 15 is 0 Å². The lowest BCUT2D eigenvalue weighted by molar-refractivity contribution is -0.124. The molecule has 0 saturated carbocycles. The molecule has 0 N–H and O–H groups in total. The molecule has 1 aromatic carbocycles. The molecule has 0 bridgehead atoms. The van der Waals surface area contributed by atoms with Crippen molar-refractivity contribution in [2.75, 3.05) is 38.3 Å². The van der Waals surface area contributed by atoms with Crippen LogP contribution < -0.4 is 4.90 Å². The summed E-state index contributed by atoms with van der Waals surface area (Å²) < 4.78 is 5.19. The van der Waals surface area contributed by atoms with E-state index in [-0.39, 0.29) is 11.8 Å². The molecular formula is C20H22N2O3S. The van der Waals surface area contributed by atoms with Crippen molar-refractivity contribution in [3.05, 3.63) is 52.2 Å². The average Bonchev–Trinajstić information content (AvgIpc) is 3.29. The number of carbonyl (C=O) groups excluding carboxylic acids is 2. The second-order valence-electron chi connectivity index (χ2n) is 6.82. The third-order valence-electron chi connectivity index (χ3n) is 5.52. The third kappa shape index (κ3) is 2.64. The summed E-state index contributed by atoms with van der Waals surface area (Å²) in [4.78, 5) is 30.4. The van der Waals surface area contributed by atoms with Crippen LogP contribution in [0.15, 0.2) is 41.8 Å². The second-order valence-corrected chi connectivity index (χ2v) is 7.77. The number of para-hydroxylation sites is 1. The maximum atomic E-state index is 13.3. The number of rotatable bonds is 4. The van der Waals surface area contributed by atoms with Crippen molar-refractivity contribution >= 4 is 28.8 Å². The maximum absolute atomic E-state index is 13.3. The monoisotopic (exact) mass is 370 g/mol. The molecule has 0 atom stereocenters. The Kier molecular flexibility index (Phi) is 4.54. The lowest BCUT2D eigenvalue weighted by atomic mass is 9.73. The number of piperidine rings is 1. The number of amides is 2. The predicted molar refractivity (Wildman–Crippen MR) is 102 cm³/mol. The zero-order chi connectivity index (χ0) is 18.1. The number of thiophene rings is 1. The molecule has 2 amide bonds. The summed E-state index contributed by atoms with van der Waals surface area (Å²) in [7, 11) is 1.65. The molecule has 2 aliphatic rings. The number of anilines is 1. The SMILES string of the molecule is COCCN1C(=O)C2(CCN(C(=O)c3cccs3)CC2)c2ccccc21. The summed E-state index contributed by atoms with van der Waals surface area (Å²) in [6.45, 7) is 2.29. The molecule has 4 rings (SSSR count). The van der Waals surface area contributed by atoms with Crippen molar-refractivity contribution in [3.8, 4) is 0 Å². The van der Waals surface area contributed by atoms with Crippen LogP contribution in [0, 0.1) is 0 Å². The Labute approximate surface area is 157 Å². The molecule has 0 aliphatic carbocycles. The first-order chi connectivity index (χ1) is 12.7. The van der Waals surface area contributed by atoms with Gasteiger partial charge in [-0.25, -0.2) is 0 Å². The van der Waals surface area contributed by atoms with Crippen LogP contribution in [-0.4, -0.2) is 50.1 Å². The molecule has 1 fully saturated rings. The molecular weight excluding hydrogens is 348 g/mol. The van der Waals surface area contributed by atoms with Crippen LogP contribution in [0.25, 0.3) is 0 Å². The summed E-state index contributed by atoms with van der Waals surface area (Å²) in [6.07, 6.45) is 1.34. The normalized spacial score (nSPS) is 18.4. The van der Waals surface area contributed by atoms with Gasteiger partial charge >= 0.3 is 0 Å². The van der Waals surface area contributed by atoms with Crippen LogP contribution in [0.3, 0.4) is 0 Å². The topological polar surface area (TPSA) is 49.9 Å². The predicted octanol–water partition coefficient (Wildman–Crippen LogP) is 2.92. The van der Waals surface area contributed by atoms with Crippen molar-refractivity contribution in [3.63, 3.8) is 0 Å². The van der Waals surface area contributed by atoms with Gasteiger partial charge in [0, 0.05) is 32.4 Å². The third-order valence-corrected chi connectivity index (χ3v) is 6.38. The Hall–Kier alpha value is -2.18. The van der Waals surface area contributed by atoms with E-state index in [1.807, 2.05) is 45.5 Å². The quantitative estimate of drug-likeness (QED) is 0.831. The van der Waals surface area contributed by atoms with Gasteiger partial charge < -0.3 is 14.5 Å². The fourth-order valence-electron chi connectivity index (χ4n) is 4.13. The first-order valence-corrected chi connectivity index (χ1v) is 9.78. The molecule has 2 aliphatic heterocycles. The second kappa shape index (κ2) is 6.85. The van der Waals surface area contributed by atoms with Gasteiger partial charge in [0.05, 0.1) is 16.9 Å². The highest BCUT2D eigenvalue weighted by atomic mass is 32.1. The van der Waals surface area contributed by atoms with E-state index < -0.39 is 5.41 Å². The number of likely N-dealkylation sites (tertiary alicyclic amines) is 1. The fourth-order valence-corrected chi connectivity index (χ4v) is 4.82. The minimum Gasteiger partial charge on any atom is -0.383 e. The van der Waals surface area contributed by atoms with Crippen LogP contribution >= 0.6 is 11.3 Å². The van der Waals surface area contributed by atoms with E-state index in [1.54, 1.807) is 7.11 Å². The summed E-state index contributed by atoms with van der Waals surface area (Å²) in [5.74, 6) is 0.226. The number of ether oxygens (including phenoxy) is 1. The summed E-state index contributed by atoms with van der Waals surface area (Å²) in [6, 6.07) is 11.8. The van der Waals surface area contributed by atoms with Crippen LogP contribution in [0.5, 0.6) is 0 Å². The van der Waals surface area contributed by atoms with Gasteiger partial charge in [-0.2, -0.15) is 0 Å². The van der Waals surface area contributed by atoms with E-state index in [0.29, 0.717) is 39.1 Å². The highest BCUT2D eigenvalue weighted by molar-refractivity contribution is 7.12. The number of hydrogen-bond donors (Lipinski definition) is 0. The van der Waals surface area contributed by atoms with Crippen molar-refractivity contribution < 1.29 is 14.3 Å². The standard InChI is InChI=1S/C20H22N2O3S/c1-25-13-12-22-16-6-3-2-5-15(16)20(19(22)24)8-10-21(11-9-20)18(23)17-7-4-14-26-17/h2-7,14H,8-13H2,1H3. The van der Waals surface area contributed by atoms with E-state index in [4.69, 9.17) is 4.74 Å². The lowest BCUT2D eigenvalue weighted by Gasteiger charge is -2.38. The number of fused-ring (bicyclic) bond motifs is 2. The van der Waals surface area contributed by atoms with Crippen LogP contribution in [-0.2, 0) is 14.9 Å². The zero-order valence-electron chi connectivity index (χ0n) is 14.8. The Morgan fingerprint density at radius 1 is 1.19 bits per heavy atom. The van der Waals surface area contributed by atoms with Crippen molar-refractivity contribution in [2.24, 2.45) is 0 Å². The molecule has 3 heterocycles. The van der Waals surface area contributed by atoms with E-state index in [9.17, 15) is 9.59 Å². The fraction of sp³-hybridized carbons (Fsp3) is 0.400. The van der Waals surface area contributed by atoms with Crippen LogP contribution in [0.1, 0.15) is 28.1 Å². The number of nitrogens with zero attached hydrogens (tertiary/aromatic N) is 2. The van der Waals surface area contributed by atoms with E-state index in [0.717, 1.165) is 16.1 Å². The Balaban J connectivity index is 1.58. The molecule has 5 nitrogen and oxygen atoms in total. The summed E-state index contributed by atoms with van der Waals surface area (Å²) in [5.41, 5.74) is 1.59. The highest BCUT2D eigenvalue weighted by Crippen LogP contribution is 2.47. The van der Waals surface area contributed by atoms with Crippen molar-refractivity contribution in [1.82, 2.24) is 4.90 Å². The first kappa shape index (κ1) is 17.2. The summed E-state index contributed by atoms with van der Waals surface area (Å²) in [5, 5.41) is 1.92. The Morgan fingerprint density at radius 2 is 1.96 bits per heavy atom. The minimum atomic E-state index is -0.503. The van der Waals surface area contributed by atoms with Crippen molar-refractivity contribution in [2.45, 2.75) is 18.3 Å². The molecule has 26 heavy (non-hydrogen) atoms. The molecule has 6 heteroatoms. The molecule has 0 radical (unpaired) electrons. The van der Waals surface area contributed by atoms with Gasteiger partial charge in [-0.15, -0.1) is 11.3 Å². The van der Waals surface area contributed by atoms with Crippen molar-refractivity contribution in [1.29, 1.82) is 0 Å². The van der Waals surface area contributed by atoms with Gasteiger partial charge in [-0.1, -0.05) is 24.3 Å². The Morgan fingerprint density at radius 3 is 2.65 bits per heavy atom.